The van der Waals surface area contributed by atoms with Crippen molar-refractivity contribution in [1.29, 1.82) is 0 Å². The molecule has 4 nitrogen and oxygen atoms in total. The maximum absolute atomic E-state index is 4.36. The molecule has 0 bridgehead atoms. The Kier molecular flexibility index (Phi) is 7.59. The Morgan fingerprint density at radius 3 is 2.29 bits per heavy atom. The summed E-state index contributed by atoms with van der Waals surface area (Å²) in [6.45, 7) is 9.91. The van der Waals surface area contributed by atoms with Crippen molar-refractivity contribution >= 4 is 17.0 Å². The van der Waals surface area contributed by atoms with Crippen molar-refractivity contribution in [3.05, 3.63) is 24.0 Å². The van der Waals surface area contributed by atoms with E-state index in [4.69, 9.17) is 0 Å². The number of anilines is 1. The van der Waals surface area contributed by atoms with Crippen LogP contribution in [0.25, 0.3) is 11.2 Å². The summed E-state index contributed by atoms with van der Waals surface area (Å²) >= 11 is 0. The number of nitrogens with zero attached hydrogens (tertiary/aromatic N) is 3. The molecule has 0 saturated heterocycles. The fraction of sp³-hybridized carbons (Fsp3) is 0.462. The van der Waals surface area contributed by atoms with Gasteiger partial charge in [0.15, 0.2) is 5.65 Å². The van der Waals surface area contributed by atoms with E-state index < -0.39 is 0 Å². The Labute approximate surface area is 104 Å². The quantitative estimate of drug-likeness (QED) is 0.821. The lowest BCUT2D eigenvalue weighted by molar-refractivity contribution is 1.14. The van der Waals surface area contributed by atoms with Gasteiger partial charge in [0.25, 0.3) is 0 Å². The SMILES string of the molecule is CC.CC.CNc1nc2cccnc2nc1C. The van der Waals surface area contributed by atoms with E-state index in [1.807, 2.05) is 53.8 Å². The molecular formula is C13H22N4. The van der Waals surface area contributed by atoms with Crippen molar-refractivity contribution in [2.45, 2.75) is 34.6 Å². The second kappa shape index (κ2) is 8.44. The number of aryl methyl sites for hydroxylation is 1. The van der Waals surface area contributed by atoms with E-state index in [1.54, 1.807) is 6.20 Å². The van der Waals surface area contributed by atoms with Crippen molar-refractivity contribution in [2.24, 2.45) is 0 Å². The maximum Gasteiger partial charge on any atom is 0.178 e. The molecule has 0 aromatic carbocycles. The van der Waals surface area contributed by atoms with Gasteiger partial charge in [0.2, 0.25) is 0 Å². The van der Waals surface area contributed by atoms with Crippen LogP contribution in [0.4, 0.5) is 5.82 Å². The highest BCUT2D eigenvalue weighted by Crippen LogP contribution is 2.12. The molecule has 0 saturated carbocycles. The number of nitrogens with one attached hydrogen (secondary N) is 1. The Morgan fingerprint density at radius 1 is 1.06 bits per heavy atom. The fourth-order valence-corrected chi connectivity index (χ4v) is 1.21. The highest BCUT2D eigenvalue weighted by Gasteiger charge is 2.02. The lowest BCUT2D eigenvalue weighted by atomic mass is 10.4. The first-order valence-corrected chi connectivity index (χ1v) is 6.08. The third-order valence-electron chi connectivity index (χ3n) is 1.85. The van der Waals surface area contributed by atoms with Gasteiger partial charge in [-0.3, -0.25) is 0 Å². The molecule has 0 radical (unpaired) electrons. The molecule has 0 aliphatic carbocycles. The molecule has 0 unspecified atom stereocenters. The fourth-order valence-electron chi connectivity index (χ4n) is 1.21. The molecule has 2 heterocycles. The number of fused-ring (bicyclic) bond motifs is 1. The van der Waals surface area contributed by atoms with E-state index in [0.29, 0.717) is 5.65 Å². The molecule has 0 aliphatic heterocycles. The Balaban J connectivity index is 0.000000581. The molecule has 2 aromatic heterocycles. The molecule has 2 aromatic rings. The number of rotatable bonds is 1. The minimum Gasteiger partial charge on any atom is -0.372 e. The molecule has 0 spiro atoms. The standard InChI is InChI=1S/C9H10N4.2C2H6/c1-6-8(10-2)13-7-4-3-5-11-9(7)12-6;2*1-2/h3-5H,1-2H3,(H,10,13);2*1-2H3. The second-order valence-electron chi connectivity index (χ2n) is 2.75. The van der Waals surface area contributed by atoms with Gasteiger partial charge in [-0.05, 0) is 19.1 Å². The maximum atomic E-state index is 4.36. The summed E-state index contributed by atoms with van der Waals surface area (Å²) < 4.78 is 0. The first-order chi connectivity index (χ1) is 8.31. The molecule has 2 rings (SSSR count). The van der Waals surface area contributed by atoms with Crippen LogP contribution < -0.4 is 5.32 Å². The van der Waals surface area contributed by atoms with Gasteiger partial charge < -0.3 is 5.32 Å². The molecule has 0 atom stereocenters. The number of pyridine rings is 1. The van der Waals surface area contributed by atoms with E-state index in [9.17, 15) is 0 Å². The average molecular weight is 234 g/mol. The summed E-state index contributed by atoms with van der Waals surface area (Å²) in [6, 6.07) is 3.75. The average Bonchev–Trinajstić information content (AvgIpc) is 2.42. The van der Waals surface area contributed by atoms with E-state index in [-0.39, 0.29) is 0 Å². The van der Waals surface area contributed by atoms with E-state index >= 15 is 0 Å². The van der Waals surface area contributed by atoms with Crippen LogP contribution in [0.2, 0.25) is 0 Å². The normalized spacial score (nSPS) is 8.59. The summed E-state index contributed by atoms with van der Waals surface area (Å²) in [5, 5.41) is 2.99. The first-order valence-electron chi connectivity index (χ1n) is 6.08. The van der Waals surface area contributed by atoms with Gasteiger partial charge in [-0.2, -0.15) is 0 Å². The number of hydrogen-bond acceptors (Lipinski definition) is 4. The van der Waals surface area contributed by atoms with Crippen LogP contribution in [0.1, 0.15) is 33.4 Å². The van der Waals surface area contributed by atoms with E-state index in [1.165, 1.54) is 0 Å². The summed E-state index contributed by atoms with van der Waals surface area (Å²) in [4.78, 5) is 12.8. The number of aromatic nitrogens is 3. The van der Waals surface area contributed by atoms with Crippen LogP contribution in [0.3, 0.4) is 0 Å². The van der Waals surface area contributed by atoms with Crippen molar-refractivity contribution in [3.63, 3.8) is 0 Å². The lowest BCUT2D eigenvalue weighted by Crippen LogP contribution is -1.99. The van der Waals surface area contributed by atoms with Crippen molar-refractivity contribution in [2.75, 3.05) is 12.4 Å². The molecule has 4 heteroatoms. The zero-order valence-electron chi connectivity index (χ0n) is 11.6. The van der Waals surface area contributed by atoms with Crippen LogP contribution in [-0.4, -0.2) is 22.0 Å². The van der Waals surface area contributed by atoms with Gasteiger partial charge in [0, 0.05) is 13.2 Å². The smallest absolute Gasteiger partial charge is 0.178 e. The lowest BCUT2D eigenvalue weighted by Gasteiger charge is -2.03. The highest BCUT2D eigenvalue weighted by atomic mass is 15.0. The molecule has 0 fully saturated rings. The minimum absolute atomic E-state index is 0.694. The second-order valence-corrected chi connectivity index (χ2v) is 2.75. The summed E-state index contributed by atoms with van der Waals surface area (Å²) in [7, 11) is 1.83. The summed E-state index contributed by atoms with van der Waals surface area (Å²) in [6.07, 6.45) is 1.72. The van der Waals surface area contributed by atoms with Crippen LogP contribution in [0, 0.1) is 6.92 Å². The van der Waals surface area contributed by atoms with Crippen molar-refractivity contribution < 1.29 is 0 Å². The zero-order valence-corrected chi connectivity index (χ0v) is 11.6. The summed E-state index contributed by atoms with van der Waals surface area (Å²) in [5.74, 6) is 0.806. The molecule has 0 aliphatic rings. The van der Waals surface area contributed by atoms with Gasteiger partial charge in [-0.15, -0.1) is 0 Å². The van der Waals surface area contributed by atoms with Crippen LogP contribution >= 0.6 is 0 Å². The minimum atomic E-state index is 0.694. The molecule has 17 heavy (non-hydrogen) atoms. The molecule has 1 N–H and O–H groups in total. The zero-order chi connectivity index (χ0) is 13.3. The van der Waals surface area contributed by atoms with Crippen molar-refractivity contribution in [3.8, 4) is 0 Å². The molecule has 0 amide bonds. The number of hydrogen-bond donors (Lipinski definition) is 1. The molecule has 94 valence electrons. The first kappa shape index (κ1) is 15.3. The van der Waals surface area contributed by atoms with Gasteiger partial charge in [-0.1, -0.05) is 27.7 Å². The largest absolute Gasteiger partial charge is 0.372 e. The van der Waals surface area contributed by atoms with Gasteiger partial charge in [-0.25, -0.2) is 15.0 Å². The van der Waals surface area contributed by atoms with Gasteiger partial charge in [0.1, 0.15) is 11.3 Å². The Morgan fingerprint density at radius 2 is 1.71 bits per heavy atom. The van der Waals surface area contributed by atoms with Gasteiger partial charge >= 0.3 is 0 Å². The van der Waals surface area contributed by atoms with Crippen molar-refractivity contribution in [1.82, 2.24) is 15.0 Å². The topological polar surface area (TPSA) is 50.7 Å². The third kappa shape index (κ3) is 3.98. The van der Waals surface area contributed by atoms with Crippen LogP contribution in [0.5, 0.6) is 0 Å². The third-order valence-corrected chi connectivity index (χ3v) is 1.85. The predicted octanol–water partition coefficient (Wildman–Crippen LogP) is 3.43. The van der Waals surface area contributed by atoms with E-state index in [2.05, 4.69) is 20.3 Å². The monoisotopic (exact) mass is 234 g/mol. The van der Waals surface area contributed by atoms with Gasteiger partial charge in [0.05, 0.1) is 5.69 Å². The molecular weight excluding hydrogens is 212 g/mol. The Hall–Kier alpha value is -1.71. The highest BCUT2D eigenvalue weighted by molar-refractivity contribution is 5.71. The van der Waals surface area contributed by atoms with Crippen LogP contribution in [0.15, 0.2) is 18.3 Å². The predicted molar refractivity (Wildman–Crippen MR) is 74.3 cm³/mol. The van der Waals surface area contributed by atoms with Crippen LogP contribution in [-0.2, 0) is 0 Å². The Bertz CT molecular complexity index is 440. The summed E-state index contributed by atoms with van der Waals surface area (Å²) in [5.41, 5.74) is 2.38. The van der Waals surface area contributed by atoms with E-state index in [0.717, 1.165) is 17.0 Å².